The topological polar surface area (TPSA) is 33.0 Å². The molecule has 68 valence electrons. The maximum absolute atomic E-state index is 8.55. The average Bonchev–Trinajstić information content (AvgIpc) is 2.16. The second-order valence-corrected chi connectivity index (χ2v) is 3.23. The van der Waals surface area contributed by atoms with Crippen LogP contribution in [0.1, 0.15) is 10.9 Å². The van der Waals surface area contributed by atoms with E-state index in [0.717, 1.165) is 0 Å². The first kappa shape index (κ1) is 10.2. The molecule has 0 bridgehead atoms. The fraction of sp³-hybridized carbons (Fsp3) is 0.222. The molecule has 0 fully saturated rings. The molecule has 0 aromatic heterocycles. The Morgan fingerprint density at radius 1 is 1.54 bits per heavy atom. The Bertz CT molecular complexity index is 346. The van der Waals surface area contributed by atoms with Gasteiger partial charge in [0.15, 0.2) is 0 Å². The van der Waals surface area contributed by atoms with Crippen molar-refractivity contribution in [3.05, 3.63) is 28.8 Å². The predicted molar refractivity (Wildman–Crippen MR) is 52.2 cm³/mol. The van der Waals surface area contributed by atoms with Gasteiger partial charge in [-0.15, -0.1) is 11.6 Å². The van der Waals surface area contributed by atoms with E-state index in [9.17, 15) is 0 Å². The summed E-state index contributed by atoms with van der Waals surface area (Å²) in [7, 11) is 1.53. The third kappa shape index (κ3) is 2.27. The highest BCUT2D eigenvalue weighted by molar-refractivity contribution is 6.32. The summed E-state index contributed by atoms with van der Waals surface area (Å²) in [6.07, 6.45) is 0. The minimum Gasteiger partial charge on any atom is -0.495 e. The van der Waals surface area contributed by atoms with Crippen LogP contribution in [0.4, 0.5) is 0 Å². The number of alkyl halides is 1. The number of nitrogens with zero attached hydrogens (tertiary/aromatic N) is 1. The van der Waals surface area contributed by atoms with Crippen molar-refractivity contribution < 1.29 is 4.74 Å². The van der Waals surface area contributed by atoms with Crippen LogP contribution in [0.25, 0.3) is 0 Å². The molecule has 0 aliphatic rings. The number of hydrogen-bond acceptors (Lipinski definition) is 2. The van der Waals surface area contributed by atoms with Crippen molar-refractivity contribution in [1.82, 2.24) is 0 Å². The van der Waals surface area contributed by atoms with Crippen LogP contribution in [0.3, 0.4) is 0 Å². The lowest BCUT2D eigenvalue weighted by molar-refractivity contribution is 0.415. The molecule has 0 N–H and O–H groups in total. The quantitative estimate of drug-likeness (QED) is 0.711. The summed E-state index contributed by atoms with van der Waals surface area (Å²) < 4.78 is 4.96. The smallest absolute Gasteiger partial charge is 0.145 e. The van der Waals surface area contributed by atoms with Gasteiger partial charge in [-0.3, -0.25) is 0 Å². The van der Waals surface area contributed by atoms with Crippen molar-refractivity contribution in [3.63, 3.8) is 0 Å². The Hall–Kier alpha value is -0.910. The molecule has 0 heterocycles. The molecular formula is C9H7Cl2NO. The third-order valence-electron chi connectivity index (χ3n) is 1.58. The number of ether oxygens (including phenoxy) is 1. The molecule has 1 unspecified atom stereocenters. The molecule has 0 aliphatic heterocycles. The molecule has 1 aromatic carbocycles. The van der Waals surface area contributed by atoms with E-state index in [0.29, 0.717) is 16.3 Å². The van der Waals surface area contributed by atoms with Crippen molar-refractivity contribution in [1.29, 1.82) is 5.26 Å². The summed E-state index contributed by atoms with van der Waals surface area (Å²) in [4.78, 5) is 0. The predicted octanol–water partition coefficient (Wildman–Crippen LogP) is 3.15. The average molecular weight is 216 g/mol. The highest BCUT2D eigenvalue weighted by Crippen LogP contribution is 2.29. The number of nitriles is 1. The summed E-state index contributed by atoms with van der Waals surface area (Å²) in [5.41, 5.74) is 0.676. The first-order valence-electron chi connectivity index (χ1n) is 3.56. The Balaban J connectivity index is 3.04. The minimum atomic E-state index is -0.664. The molecule has 0 saturated heterocycles. The first-order chi connectivity index (χ1) is 6.19. The van der Waals surface area contributed by atoms with E-state index in [1.165, 1.54) is 7.11 Å². The lowest BCUT2D eigenvalue weighted by Gasteiger charge is -2.05. The molecule has 2 nitrogen and oxygen atoms in total. The van der Waals surface area contributed by atoms with Crippen LogP contribution in [-0.4, -0.2) is 7.11 Å². The van der Waals surface area contributed by atoms with Gasteiger partial charge >= 0.3 is 0 Å². The molecule has 0 saturated carbocycles. The van der Waals surface area contributed by atoms with Crippen molar-refractivity contribution in [3.8, 4) is 11.8 Å². The van der Waals surface area contributed by atoms with Gasteiger partial charge in [-0.05, 0) is 17.7 Å². The maximum atomic E-state index is 8.55. The van der Waals surface area contributed by atoms with Crippen molar-refractivity contribution >= 4 is 23.2 Å². The molecule has 1 rings (SSSR count). The zero-order valence-corrected chi connectivity index (χ0v) is 8.43. The molecule has 0 amide bonds. The Labute approximate surface area is 86.6 Å². The van der Waals surface area contributed by atoms with Crippen molar-refractivity contribution in [2.24, 2.45) is 0 Å². The first-order valence-corrected chi connectivity index (χ1v) is 4.37. The van der Waals surface area contributed by atoms with E-state index in [1.54, 1.807) is 18.2 Å². The zero-order valence-electron chi connectivity index (χ0n) is 6.92. The second-order valence-electron chi connectivity index (χ2n) is 2.39. The highest BCUT2D eigenvalue weighted by atomic mass is 35.5. The zero-order chi connectivity index (χ0) is 9.84. The van der Waals surface area contributed by atoms with Crippen molar-refractivity contribution in [2.75, 3.05) is 7.11 Å². The summed E-state index contributed by atoms with van der Waals surface area (Å²) >= 11 is 11.5. The van der Waals surface area contributed by atoms with E-state index in [1.807, 2.05) is 6.07 Å². The van der Waals surface area contributed by atoms with Crippen molar-refractivity contribution in [2.45, 2.75) is 5.38 Å². The molecule has 0 aliphatic carbocycles. The number of methoxy groups -OCH3 is 1. The third-order valence-corrected chi connectivity index (χ3v) is 2.23. The fourth-order valence-corrected chi connectivity index (χ4v) is 1.32. The number of halogens is 2. The van der Waals surface area contributed by atoms with Crippen LogP contribution in [-0.2, 0) is 0 Å². The van der Waals surface area contributed by atoms with E-state index in [2.05, 4.69) is 0 Å². The van der Waals surface area contributed by atoms with Gasteiger partial charge in [-0.2, -0.15) is 5.26 Å². The van der Waals surface area contributed by atoms with Crippen LogP contribution in [0, 0.1) is 11.3 Å². The summed E-state index contributed by atoms with van der Waals surface area (Å²) in [6.45, 7) is 0. The largest absolute Gasteiger partial charge is 0.495 e. The normalized spacial score (nSPS) is 11.8. The van der Waals surface area contributed by atoms with Gasteiger partial charge in [0, 0.05) is 0 Å². The molecule has 1 aromatic rings. The summed E-state index contributed by atoms with van der Waals surface area (Å²) in [5.74, 6) is 0.576. The second kappa shape index (κ2) is 4.36. The Morgan fingerprint density at radius 2 is 2.23 bits per heavy atom. The minimum absolute atomic E-state index is 0.459. The van der Waals surface area contributed by atoms with E-state index >= 15 is 0 Å². The van der Waals surface area contributed by atoms with E-state index < -0.39 is 5.38 Å². The summed E-state index contributed by atoms with van der Waals surface area (Å²) in [6, 6.07) is 6.94. The van der Waals surface area contributed by atoms with E-state index in [-0.39, 0.29) is 0 Å². The van der Waals surface area contributed by atoms with Gasteiger partial charge in [-0.1, -0.05) is 17.7 Å². The van der Waals surface area contributed by atoms with Gasteiger partial charge in [-0.25, -0.2) is 0 Å². The van der Waals surface area contributed by atoms with Crippen LogP contribution < -0.4 is 4.74 Å². The Kier molecular flexibility index (Phi) is 3.41. The van der Waals surface area contributed by atoms with Crippen LogP contribution in [0.5, 0.6) is 5.75 Å². The molecule has 13 heavy (non-hydrogen) atoms. The fourth-order valence-electron chi connectivity index (χ4n) is 0.915. The lowest BCUT2D eigenvalue weighted by Crippen LogP contribution is -1.89. The van der Waals surface area contributed by atoms with Gasteiger partial charge in [0.25, 0.3) is 0 Å². The van der Waals surface area contributed by atoms with Gasteiger partial charge < -0.3 is 4.74 Å². The summed E-state index contributed by atoms with van der Waals surface area (Å²) in [5, 5.41) is 8.34. The van der Waals surface area contributed by atoms with Gasteiger partial charge in [0.05, 0.1) is 18.2 Å². The molecule has 0 spiro atoms. The maximum Gasteiger partial charge on any atom is 0.145 e. The van der Waals surface area contributed by atoms with Gasteiger partial charge in [0.2, 0.25) is 0 Å². The highest BCUT2D eigenvalue weighted by Gasteiger charge is 2.08. The molecule has 0 radical (unpaired) electrons. The number of hydrogen-bond donors (Lipinski definition) is 0. The lowest BCUT2D eigenvalue weighted by atomic mass is 10.1. The van der Waals surface area contributed by atoms with Crippen LogP contribution >= 0.6 is 23.2 Å². The SMILES string of the molecule is COc1ccc(C(Cl)C#N)cc1Cl. The van der Waals surface area contributed by atoms with Crippen LogP contribution in [0.2, 0.25) is 5.02 Å². The van der Waals surface area contributed by atoms with Crippen LogP contribution in [0.15, 0.2) is 18.2 Å². The van der Waals surface area contributed by atoms with Gasteiger partial charge in [0.1, 0.15) is 11.1 Å². The molecular weight excluding hydrogens is 209 g/mol. The number of benzene rings is 1. The standard InChI is InChI=1S/C9H7Cl2NO/c1-13-9-3-2-6(4-7(9)10)8(11)5-12/h2-4,8H,1H3. The Morgan fingerprint density at radius 3 is 2.69 bits per heavy atom. The molecule has 4 heteroatoms. The van der Waals surface area contributed by atoms with E-state index in [4.69, 9.17) is 33.2 Å². The number of rotatable bonds is 2. The monoisotopic (exact) mass is 215 g/mol. The molecule has 1 atom stereocenters.